The average molecular weight is 599 g/mol. The van der Waals surface area contributed by atoms with Crippen molar-refractivity contribution in [3.8, 4) is 17.2 Å². The Morgan fingerprint density at radius 2 is 1.74 bits per heavy atom. The Labute approximate surface area is 239 Å². The minimum absolute atomic E-state index is 0.0300. The van der Waals surface area contributed by atoms with E-state index in [2.05, 4.69) is 34.7 Å². The minimum atomic E-state index is -5.08. The number of rotatable bonds is 7. The first-order chi connectivity index (χ1) is 19.7. The molecule has 1 heterocycles. The number of carboxylic acid groups (broad SMARTS) is 1. The maximum Gasteiger partial charge on any atom is 0.490 e. The quantitative estimate of drug-likeness (QED) is 0.307. The van der Waals surface area contributed by atoms with Gasteiger partial charge >= 0.3 is 18.2 Å². The largest absolute Gasteiger partial charge is 0.496 e. The van der Waals surface area contributed by atoms with Gasteiger partial charge in [-0.05, 0) is 69.1 Å². The van der Waals surface area contributed by atoms with Crippen molar-refractivity contribution in [1.82, 2.24) is 10.2 Å². The van der Waals surface area contributed by atoms with Gasteiger partial charge in [-0.2, -0.15) is 13.2 Å². The molecule has 2 aliphatic rings. The zero-order valence-corrected chi connectivity index (χ0v) is 23.5. The summed E-state index contributed by atoms with van der Waals surface area (Å²) in [6.45, 7) is 0.968. The summed E-state index contributed by atoms with van der Waals surface area (Å²) >= 11 is 0. The Morgan fingerprint density at radius 1 is 1.07 bits per heavy atom. The van der Waals surface area contributed by atoms with Gasteiger partial charge in [0.25, 0.3) is 5.69 Å². The fraction of sp³-hybridized carbons (Fsp3) is 0.481. The van der Waals surface area contributed by atoms with Crippen molar-refractivity contribution in [2.24, 2.45) is 0 Å². The summed E-state index contributed by atoms with van der Waals surface area (Å²) in [7, 11) is 6.83. The summed E-state index contributed by atoms with van der Waals surface area (Å²) in [5, 5.41) is 24.2. The second-order valence-corrected chi connectivity index (χ2v) is 9.99. The maximum absolute atomic E-state index is 12.8. The molecule has 0 unspecified atom stereocenters. The average Bonchev–Trinajstić information content (AvgIpc) is 3.29. The number of carbonyl (C=O) groups excluding carboxylic acids is 1. The highest BCUT2D eigenvalue weighted by Gasteiger charge is 2.50. The fourth-order valence-corrected chi connectivity index (χ4v) is 5.63. The van der Waals surface area contributed by atoms with Crippen LogP contribution in [0.1, 0.15) is 31.2 Å². The van der Waals surface area contributed by atoms with Crippen LogP contribution in [0, 0.1) is 10.1 Å². The lowest BCUT2D eigenvalue weighted by atomic mass is 9.65. The molecule has 1 saturated heterocycles. The predicted octanol–water partition coefficient (Wildman–Crippen LogP) is 4.57. The van der Waals surface area contributed by atoms with E-state index in [4.69, 9.17) is 24.1 Å². The fourth-order valence-electron chi connectivity index (χ4n) is 5.63. The summed E-state index contributed by atoms with van der Waals surface area (Å²) in [6, 6.07) is 10.2. The van der Waals surface area contributed by atoms with Gasteiger partial charge in [0, 0.05) is 17.5 Å². The number of carbonyl (C=O) groups is 2. The molecule has 0 bridgehead atoms. The smallest absolute Gasteiger partial charge is 0.490 e. The first-order valence-electron chi connectivity index (χ1n) is 12.9. The summed E-state index contributed by atoms with van der Waals surface area (Å²) in [4.78, 5) is 34.9. The third-order valence-electron chi connectivity index (χ3n) is 7.71. The molecule has 12 nitrogen and oxygen atoms in total. The lowest BCUT2D eigenvalue weighted by Gasteiger charge is -2.45. The highest BCUT2D eigenvalue weighted by molar-refractivity contribution is 5.92. The van der Waals surface area contributed by atoms with Crippen LogP contribution in [0.25, 0.3) is 0 Å². The number of aliphatic carboxylic acids is 1. The number of benzene rings is 2. The van der Waals surface area contributed by atoms with Crippen LogP contribution in [0.3, 0.4) is 0 Å². The number of halogens is 3. The molecule has 1 saturated carbocycles. The van der Waals surface area contributed by atoms with Gasteiger partial charge in [-0.15, -0.1) is 0 Å². The number of urea groups is 1. The Hall–Kier alpha value is -4.27. The number of likely N-dealkylation sites (N-methyl/N-ethyl adjacent to an activating group) is 1. The molecule has 0 radical (unpaired) electrons. The number of ether oxygens (including phenoxy) is 3. The Morgan fingerprint density at radius 3 is 2.31 bits per heavy atom. The van der Waals surface area contributed by atoms with Gasteiger partial charge in [0.1, 0.15) is 11.4 Å². The van der Waals surface area contributed by atoms with E-state index < -0.39 is 23.1 Å². The third-order valence-corrected chi connectivity index (χ3v) is 7.71. The van der Waals surface area contributed by atoms with Gasteiger partial charge < -0.3 is 34.9 Å². The highest BCUT2D eigenvalue weighted by Crippen LogP contribution is 2.50. The standard InChI is InChI=1S/C25H32N4O6.C2HF3O2/c1-28-12-11-25(16-5-8-21(34-3)22(13-16)35-4)10-9-17(14-23(25)28)26-24(30)27-19-7-6-18(33-2)15-20(19)29(31)32;3-2(4,5)1(6)7/h5-8,13,15,17,23H,9-12,14H2,1-4H3,(H2,26,27,30);(H,6,7)/t17-,23+,25+;/m1./s1. The van der Waals surface area contributed by atoms with Gasteiger partial charge in [-0.1, -0.05) is 6.07 Å². The van der Waals surface area contributed by atoms with E-state index in [0.29, 0.717) is 17.2 Å². The molecule has 4 rings (SSSR count). The predicted molar refractivity (Wildman–Crippen MR) is 145 cm³/mol. The molecule has 42 heavy (non-hydrogen) atoms. The topological polar surface area (TPSA) is 152 Å². The lowest BCUT2D eigenvalue weighted by Crippen LogP contribution is -2.52. The molecular weight excluding hydrogens is 565 g/mol. The first kappa shape index (κ1) is 32.2. The first-order valence-corrected chi connectivity index (χ1v) is 12.9. The van der Waals surface area contributed by atoms with Crippen LogP contribution in [0.15, 0.2) is 36.4 Å². The second kappa shape index (κ2) is 13.1. The normalized spacial score (nSPS) is 21.7. The molecule has 0 aromatic heterocycles. The molecule has 15 heteroatoms. The van der Waals surface area contributed by atoms with Gasteiger partial charge in [0.05, 0.1) is 32.3 Å². The number of likely N-dealkylation sites (tertiary alicyclic amines) is 1. The number of anilines is 1. The number of nitrogens with zero attached hydrogens (tertiary/aromatic N) is 2. The van der Waals surface area contributed by atoms with Gasteiger partial charge in [0.2, 0.25) is 0 Å². The number of hydrogen-bond acceptors (Lipinski definition) is 8. The molecule has 230 valence electrons. The molecule has 1 aliphatic carbocycles. The van der Waals surface area contributed by atoms with Crippen molar-refractivity contribution in [3.63, 3.8) is 0 Å². The number of hydrogen-bond donors (Lipinski definition) is 3. The number of nitro groups is 1. The minimum Gasteiger partial charge on any atom is -0.496 e. The number of methoxy groups -OCH3 is 3. The molecule has 2 amide bonds. The van der Waals surface area contributed by atoms with Crippen molar-refractivity contribution in [2.75, 3.05) is 40.2 Å². The second-order valence-electron chi connectivity index (χ2n) is 9.99. The summed E-state index contributed by atoms with van der Waals surface area (Å²) in [5.41, 5.74) is 1.10. The number of fused-ring (bicyclic) bond motifs is 1. The van der Waals surface area contributed by atoms with Crippen molar-refractivity contribution >= 4 is 23.4 Å². The lowest BCUT2D eigenvalue weighted by molar-refractivity contribution is -0.384. The van der Waals surface area contributed by atoms with Gasteiger partial charge in [0.15, 0.2) is 11.5 Å². The molecule has 1 aliphatic heterocycles. The van der Waals surface area contributed by atoms with E-state index in [-0.39, 0.29) is 28.9 Å². The van der Waals surface area contributed by atoms with Crippen molar-refractivity contribution < 1.29 is 47.0 Å². The Kier molecular flexibility index (Phi) is 10.1. The molecule has 2 aromatic rings. The highest BCUT2D eigenvalue weighted by atomic mass is 19.4. The maximum atomic E-state index is 12.8. The summed E-state index contributed by atoms with van der Waals surface area (Å²) in [5.74, 6) is -0.984. The van der Waals surface area contributed by atoms with Crippen LogP contribution >= 0.6 is 0 Å². The van der Waals surface area contributed by atoms with Crippen molar-refractivity contribution in [2.45, 2.75) is 49.4 Å². The molecular formula is C27H33F3N4O8. The summed E-state index contributed by atoms with van der Waals surface area (Å²) < 4.78 is 47.8. The van der Waals surface area contributed by atoms with E-state index >= 15 is 0 Å². The van der Waals surface area contributed by atoms with Crippen LogP contribution in [-0.2, 0) is 10.2 Å². The zero-order chi connectivity index (χ0) is 31.2. The SMILES string of the molecule is COc1ccc(NC(=O)N[C@@H]2CC[C@@]3(c4ccc(OC)c(OC)c4)CCN(C)[C@H]3C2)c([N+](=O)[O-])c1.O=C(O)C(F)(F)F. The number of alkyl halides is 3. The van der Waals surface area contributed by atoms with Crippen LogP contribution in [-0.4, -0.2) is 80.1 Å². The van der Waals surface area contributed by atoms with Crippen LogP contribution in [0.4, 0.5) is 29.3 Å². The molecule has 0 spiro atoms. The van der Waals surface area contributed by atoms with Gasteiger partial charge in [-0.3, -0.25) is 10.1 Å². The van der Waals surface area contributed by atoms with Crippen LogP contribution in [0.2, 0.25) is 0 Å². The Bertz CT molecular complexity index is 1310. The van der Waals surface area contributed by atoms with E-state index in [0.717, 1.165) is 32.2 Å². The van der Waals surface area contributed by atoms with Gasteiger partial charge in [-0.25, -0.2) is 9.59 Å². The number of amides is 2. The molecule has 2 fully saturated rings. The van der Waals surface area contributed by atoms with Crippen molar-refractivity contribution in [3.05, 3.63) is 52.1 Å². The monoisotopic (exact) mass is 598 g/mol. The van der Waals surface area contributed by atoms with E-state index in [9.17, 15) is 28.1 Å². The van der Waals surface area contributed by atoms with E-state index in [1.165, 1.54) is 24.8 Å². The molecule has 3 N–H and O–H groups in total. The number of carboxylic acids is 1. The van der Waals surface area contributed by atoms with Crippen LogP contribution < -0.4 is 24.8 Å². The number of nitro benzene ring substituents is 1. The molecule has 2 aromatic carbocycles. The molecule has 3 atom stereocenters. The number of nitrogens with one attached hydrogen (secondary N) is 2. The van der Waals surface area contributed by atoms with Crippen LogP contribution in [0.5, 0.6) is 17.2 Å². The third kappa shape index (κ3) is 7.13. The zero-order valence-electron chi connectivity index (χ0n) is 23.5. The van der Waals surface area contributed by atoms with Crippen molar-refractivity contribution in [1.29, 1.82) is 0 Å². The van der Waals surface area contributed by atoms with E-state index in [1.807, 2.05) is 6.07 Å². The summed E-state index contributed by atoms with van der Waals surface area (Å²) in [6.07, 6.45) is -1.56. The Balaban J connectivity index is 0.000000616. The van der Waals surface area contributed by atoms with E-state index in [1.54, 1.807) is 20.3 Å².